The van der Waals surface area contributed by atoms with Gasteiger partial charge >= 0.3 is 0 Å². The van der Waals surface area contributed by atoms with E-state index in [0.29, 0.717) is 29.6 Å². The highest BCUT2D eigenvalue weighted by atomic mass is 32.2. The molecule has 0 bridgehead atoms. The standard InChI is InChI=1S/C20H24N2O5S/c1-4-27-16-8-5-14(6-9-16)22-28(24,25)19-12-15(7-10-18(19)26-3)21-20(23)17-11-13(17)2/h5-10,12-13,17,22H,4,11H2,1-3H3,(H,21,23). The van der Waals surface area contributed by atoms with Gasteiger partial charge in [-0.3, -0.25) is 9.52 Å². The zero-order valence-corrected chi connectivity index (χ0v) is 16.9. The van der Waals surface area contributed by atoms with Crippen molar-refractivity contribution in [1.29, 1.82) is 0 Å². The Kier molecular flexibility index (Phi) is 5.79. The first-order chi connectivity index (χ1) is 13.3. The summed E-state index contributed by atoms with van der Waals surface area (Å²) in [5.41, 5.74) is 0.809. The maximum absolute atomic E-state index is 12.9. The molecule has 1 saturated carbocycles. The van der Waals surface area contributed by atoms with Gasteiger partial charge in [0.1, 0.15) is 16.4 Å². The molecule has 1 fully saturated rings. The fraction of sp³-hybridized carbons (Fsp3) is 0.350. The first-order valence-electron chi connectivity index (χ1n) is 9.08. The Morgan fingerprint density at radius 1 is 1.14 bits per heavy atom. The van der Waals surface area contributed by atoms with E-state index in [2.05, 4.69) is 10.0 Å². The molecule has 0 spiro atoms. The first-order valence-corrected chi connectivity index (χ1v) is 10.6. The highest BCUT2D eigenvalue weighted by Crippen LogP contribution is 2.39. The van der Waals surface area contributed by atoms with Gasteiger partial charge in [-0.25, -0.2) is 8.42 Å². The van der Waals surface area contributed by atoms with Crippen LogP contribution in [-0.4, -0.2) is 28.0 Å². The molecule has 8 heteroatoms. The summed E-state index contributed by atoms with van der Waals surface area (Å²) in [7, 11) is -2.52. The number of hydrogen-bond acceptors (Lipinski definition) is 5. The molecule has 2 aromatic carbocycles. The first kappa shape index (κ1) is 20.0. The fourth-order valence-electron chi connectivity index (χ4n) is 2.88. The molecule has 1 amide bonds. The van der Waals surface area contributed by atoms with Crippen LogP contribution in [0.3, 0.4) is 0 Å². The van der Waals surface area contributed by atoms with Crippen molar-refractivity contribution in [3.8, 4) is 11.5 Å². The molecule has 150 valence electrons. The summed E-state index contributed by atoms with van der Waals surface area (Å²) in [5.74, 6) is 1.10. The predicted octanol–water partition coefficient (Wildman–Crippen LogP) is 3.49. The molecule has 2 N–H and O–H groups in total. The molecule has 1 aliphatic rings. The molecule has 7 nitrogen and oxygen atoms in total. The topological polar surface area (TPSA) is 93.7 Å². The molecular formula is C20H24N2O5S. The maximum atomic E-state index is 12.9. The Bertz CT molecular complexity index is 957. The van der Waals surface area contributed by atoms with Crippen LogP contribution in [0.25, 0.3) is 0 Å². The van der Waals surface area contributed by atoms with Crippen LogP contribution in [0, 0.1) is 11.8 Å². The second-order valence-electron chi connectivity index (χ2n) is 6.74. The SMILES string of the molecule is CCOc1ccc(NS(=O)(=O)c2cc(NC(=O)C3CC3C)ccc2OC)cc1. The number of benzene rings is 2. The minimum absolute atomic E-state index is 0.0101. The normalized spacial score (nSPS) is 18.2. The summed E-state index contributed by atoms with van der Waals surface area (Å²) in [6, 6.07) is 11.2. The highest BCUT2D eigenvalue weighted by Gasteiger charge is 2.39. The number of nitrogens with one attached hydrogen (secondary N) is 2. The van der Waals surface area contributed by atoms with Gasteiger partial charge in [0.15, 0.2) is 0 Å². The van der Waals surface area contributed by atoms with E-state index in [1.54, 1.807) is 30.3 Å². The van der Waals surface area contributed by atoms with Gasteiger partial charge in [0, 0.05) is 17.3 Å². The zero-order valence-electron chi connectivity index (χ0n) is 16.1. The number of sulfonamides is 1. The number of rotatable bonds is 8. The zero-order chi connectivity index (χ0) is 20.3. The molecule has 0 heterocycles. The number of amides is 1. The lowest BCUT2D eigenvalue weighted by molar-refractivity contribution is -0.117. The van der Waals surface area contributed by atoms with E-state index in [4.69, 9.17) is 9.47 Å². The van der Waals surface area contributed by atoms with Crippen LogP contribution >= 0.6 is 0 Å². The van der Waals surface area contributed by atoms with Gasteiger partial charge in [0.2, 0.25) is 5.91 Å². The highest BCUT2D eigenvalue weighted by molar-refractivity contribution is 7.92. The molecule has 3 rings (SSSR count). The van der Waals surface area contributed by atoms with Crippen LogP contribution in [0.2, 0.25) is 0 Å². The van der Waals surface area contributed by atoms with Gasteiger partial charge < -0.3 is 14.8 Å². The van der Waals surface area contributed by atoms with Crippen molar-refractivity contribution in [3.63, 3.8) is 0 Å². The Labute approximate surface area is 165 Å². The van der Waals surface area contributed by atoms with Crippen molar-refractivity contribution in [2.75, 3.05) is 23.8 Å². The molecule has 28 heavy (non-hydrogen) atoms. The molecule has 2 atom stereocenters. The fourth-order valence-corrected chi connectivity index (χ4v) is 4.14. The molecule has 0 aliphatic heterocycles. The summed E-state index contributed by atoms with van der Waals surface area (Å²) >= 11 is 0. The second kappa shape index (κ2) is 8.10. The number of carbonyl (C=O) groups is 1. The summed E-state index contributed by atoms with van der Waals surface area (Å²) in [4.78, 5) is 12.1. The van der Waals surface area contributed by atoms with Gasteiger partial charge in [-0.05, 0) is 61.7 Å². The van der Waals surface area contributed by atoms with Crippen molar-refractivity contribution in [3.05, 3.63) is 42.5 Å². The van der Waals surface area contributed by atoms with Gasteiger partial charge in [-0.2, -0.15) is 0 Å². The third-order valence-corrected chi connectivity index (χ3v) is 5.99. The monoisotopic (exact) mass is 404 g/mol. The summed E-state index contributed by atoms with van der Waals surface area (Å²) in [6.45, 7) is 4.41. The van der Waals surface area contributed by atoms with Crippen LogP contribution in [0.4, 0.5) is 11.4 Å². The van der Waals surface area contributed by atoms with Gasteiger partial charge in [0.05, 0.1) is 13.7 Å². The minimum atomic E-state index is -3.92. The van der Waals surface area contributed by atoms with Gasteiger partial charge in [-0.15, -0.1) is 0 Å². The van der Waals surface area contributed by atoms with Crippen molar-refractivity contribution < 1.29 is 22.7 Å². The van der Waals surface area contributed by atoms with E-state index >= 15 is 0 Å². The van der Waals surface area contributed by atoms with Crippen molar-refractivity contribution in [1.82, 2.24) is 0 Å². The minimum Gasteiger partial charge on any atom is -0.495 e. The van der Waals surface area contributed by atoms with E-state index in [-0.39, 0.29) is 22.5 Å². The molecule has 1 aliphatic carbocycles. The average Bonchev–Trinajstić information content (AvgIpc) is 3.40. The summed E-state index contributed by atoms with van der Waals surface area (Å²) < 4.78 is 38.9. The molecular weight excluding hydrogens is 380 g/mol. The summed E-state index contributed by atoms with van der Waals surface area (Å²) in [6.07, 6.45) is 0.854. The predicted molar refractivity (Wildman–Crippen MR) is 107 cm³/mol. The molecule has 0 aromatic heterocycles. The van der Waals surface area contributed by atoms with E-state index in [1.165, 1.54) is 19.2 Å². The molecule has 0 saturated heterocycles. The quantitative estimate of drug-likeness (QED) is 0.702. The van der Waals surface area contributed by atoms with Crippen LogP contribution in [0.5, 0.6) is 11.5 Å². The smallest absolute Gasteiger partial charge is 0.265 e. The number of anilines is 2. The van der Waals surface area contributed by atoms with Crippen LogP contribution in [0.1, 0.15) is 20.3 Å². The van der Waals surface area contributed by atoms with Crippen LogP contribution in [-0.2, 0) is 14.8 Å². The van der Waals surface area contributed by atoms with Crippen molar-refractivity contribution in [2.45, 2.75) is 25.2 Å². The lowest BCUT2D eigenvalue weighted by Gasteiger charge is -2.14. The lowest BCUT2D eigenvalue weighted by Crippen LogP contribution is -2.17. The van der Waals surface area contributed by atoms with E-state index in [1.807, 2.05) is 13.8 Å². The number of methoxy groups -OCH3 is 1. The Morgan fingerprint density at radius 2 is 1.79 bits per heavy atom. The molecule has 2 aromatic rings. The average molecular weight is 404 g/mol. The molecule has 0 radical (unpaired) electrons. The van der Waals surface area contributed by atoms with Crippen LogP contribution < -0.4 is 19.5 Å². The number of carbonyl (C=O) groups excluding carboxylic acids is 1. The van der Waals surface area contributed by atoms with Crippen molar-refractivity contribution in [2.24, 2.45) is 11.8 Å². The van der Waals surface area contributed by atoms with Gasteiger partial charge in [-0.1, -0.05) is 6.92 Å². The summed E-state index contributed by atoms with van der Waals surface area (Å²) in [5, 5.41) is 2.78. The van der Waals surface area contributed by atoms with E-state index in [9.17, 15) is 13.2 Å². The third-order valence-electron chi connectivity index (χ3n) is 4.58. The van der Waals surface area contributed by atoms with Crippen LogP contribution in [0.15, 0.2) is 47.4 Å². The Balaban J connectivity index is 1.82. The number of ether oxygens (including phenoxy) is 2. The van der Waals surface area contributed by atoms with Gasteiger partial charge in [0.25, 0.3) is 10.0 Å². The maximum Gasteiger partial charge on any atom is 0.265 e. The van der Waals surface area contributed by atoms with Crippen molar-refractivity contribution >= 4 is 27.3 Å². The number of hydrogen-bond donors (Lipinski definition) is 2. The molecule has 2 unspecified atom stereocenters. The van der Waals surface area contributed by atoms with E-state index in [0.717, 1.165) is 6.42 Å². The Hall–Kier alpha value is -2.74. The largest absolute Gasteiger partial charge is 0.495 e. The second-order valence-corrected chi connectivity index (χ2v) is 8.39. The Morgan fingerprint density at radius 3 is 2.36 bits per heavy atom. The van der Waals surface area contributed by atoms with E-state index < -0.39 is 10.0 Å². The third kappa shape index (κ3) is 4.56. The lowest BCUT2D eigenvalue weighted by atomic mass is 10.2.